The third-order valence-electron chi connectivity index (χ3n) is 3.25. The number of hydrogen-bond donors (Lipinski definition) is 1. The van der Waals surface area contributed by atoms with Crippen molar-refractivity contribution in [3.8, 4) is 0 Å². The van der Waals surface area contributed by atoms with Gasteiger partial charge in [0.05, 0.1) is 5.56 Å². The van der Waals surface area contributed by atoms with Crippen LogP contribution in [0.2, 0.25) is 0 Å². The molecule has 1 aromatic rings. The van der Waals surface area contributed by atoms with E-state index in [9.17, 15) is 4.79 Å². The Morgan fingerprint density at radius 1 is 1.00 bits per heavy atom. The summed E-state index contributed by atoms with van der Waals surface area (Å²) < 4.78 is 0. The van der Waals surface area contributed by atoms with Crippen molar-refractivity contribution >= 4 is 27.5 Å². The zero-order valence-electron chi connectivity index (χ0n) is 11.2. The maximum atomic E-state index is 12.0. The van der Waals surface area contributed by atoms with E-state index >= 15 is 0 Å². The van der Waals surface area contributed by atoms with Gasteiger partial charge in [0.25, 0.3) is 5.91 Å². The minimum absolute atomic E-state index is 0.00486. The zero-order chi connectivity index (χ0) is 13.2. The first-order chi connectivity index (χ1) is 7.95. The third-order valence-corrected chi connectivity index (χ3v) is 5.09. The van der Waals surface area contributed by atoms with Crippen molar-refractivity contribution in [2.75, 3.05) is 13.3 Å². The number of rotatable bonds is 3. The van der Waals surface area contributed by atoms with E-state index in [1.165, 1.54) is 16.7 Å². The van der Waals surface area contributed by atoms with E-state index < -0.39 is 0 Å². The number of benzene rings is 1. The van der Waals surface area contributed by atoms with Crippen LogP contribution in [0, 0.1) is 27.7 Å². The number of nitrogens with one attached hydrogen (secondary N) is 1. The van der Waals surface area contributed by atoms with Gasteiger partial charge in [0.1, 0.15) is 0 Å². The predicted octanol–water partition coefficient (Wildman–Crippen LogP) is 3.65. The monoisotopic (exact) mass is 269 g/mol. The molecule has 94 valence electrons. The molecule has 0 unspecified atom stereocenters. The van der Waals surface area contributed by atoms with E-state index in [4.69, 9.17) is 0 Å². The summed E-state index contributed by atoms with van der Waals surface area (Å²) in [5, 5.41) is 2.73. The molecule has 0 heterocycles. The van der Waals surface area contributed by atoms with Crippen molar-refractivity contribution in [2.24, 2.45) is 0 Å². The molecule has 0 bridgehead atoms. The fourth-order valence-corrected chi connectivity index (χ4v) is 3.76. The Bertz CT molecular complexity index is 455. The first kappa shape index (κ1) is 14.5. The Balaban J connectivity index is 3.59. The van der Waals surface area contributed by atoms with E-state index in [-0.39, 0.29) is 5.91 Å². The molecule has 4 heteroatoms. The van der Waals surface area contributed by atoms with Crippen LogP contribution in [0.15, 0.2) is 4.90 Å². The van der Waals surface area contributed by atoms with Crippen LogP contribution in [0.25, 0.3) is 0 Å². The van der Waals surface area contributed by atoms with Crippen molar-refractivity contribution in [2.45, 2.75) is 32.6 Å². The maximum Gasteiger partial charge on any atom is 0.252 e. The van der Waals surface area contributed by atoms with Crippen LogP contribution in [0.5, 0.6) is 0 Å². The molecule has 0 atom stereocenters. The van der Waals surface area contributed by atoms with Gasteiger partial charge in [0.15, 0.2) is 0 Å². The third kappa shape index (κ3) is 2.63. The van der Waals surface area contributed by atoms with Crippen molar-refractivity contribution in [1.82, 2.24) is 5.32 Å². The molecule has 0 aliphatic heterocycles. The largest absolute Gasteiger partial charge is 0.355 e. The Hall–Kier alpha value is -0.610. The molecule has 0 fully saturated rings. The molecule has 17 heavy (non-hydrogen) atoms. The number of amides is 1. The van der Waals surface area contributed by atoms with Crippen LogP contribution in [-0.4, -0.2) is 19.2 Å². The van der Waals surface area contributed by atoms with Gasteiger partial charge in [-0.3, -0.25) is 4.79 Å². The van der Waals surface area contributed by atoms with Crippen molar-refractivity contribution in [3.63, 3.8) is 0 Å². The van der Waals surface area contributed by atoms with Crippen LogP contribution in [-0.2, 0) is 0 Å². The number of carbonyl (C=O) groups is 1. The summed E-state index contributed by atoms with van der Waals surface area (Å²) >= 11 is 0. The highest BCUT2D eigenvalue weighted by atomic mass is 33.1. The molecule has 1 N–H and O–H groups in total. The molecule has 0 aliphatic rings. The summed E-state index contributed by atoms with van der Waals surface area (Å²) in [6.07, 6.45) is 2.03. The average Bonchev–Trinajstić information content (AvgIpc) is 2.33. The van der Waals surface area contributed by atoms with E-state index in [1.807, 2.05) is 13.2 Å². The molecule has 2 nitrogen and oxygen atoms in total. The van der Waals surface area contributed by atoms with Gasteiger partial charge in [-0.1, -0.05) is 21.6 Å². The van der Waals surface area contributed by atoms with Crippen LogP contribution < -0.4 is 5.32 Å². The van der Waals surface area contributed by atoms with Gasteiger partial charge in [-0.05, 0) is 56.2 Å². The summed E-state index contributed by atoms with van der Waals surface area (Å²) in [5.74, 6) is 0.00486. The molecule has 1 amide bonds. The second kappa shape index (κ2) is 5.83. The van der Waals surface area contributed by atoms with E-state index in [0.717, 1.165) is 16.0 Å². The topological polar surface area (TPSA) is 29.1 Å². The van der Waals surface area contributed by atoms with Gasteiger partial charge in [0, 0.05) is 11.9 Å². The lowest BCUT2D eigenvalue weighted by Crippen LogP contribution is -2.21. The number of carbonyl (C=O) groups excluding carboxylic acids is 1. The van der Waals surface area contributed by atoms with Crippen molar-refractivity contribution < 1.29 is 4.79 Å². The highest BCUT2D eigenvalue weighted by Crippen LogP contribution is 2.38. The Kier molecular flexibility index (Phi) is 4.95. The standard InChI is InChI=1S/C13H19NOS2/c1-7-8(2)10(4)12(17-16-6)11(9(7)3)13(15)14-5/h1-6H3,(H,14,15). The Morgan fingerprint density at radius 2 is 1.53 bits per heavy atom. The molecule has 0 radical (unpaired) electrons. The average molecular weight is 269 g/mol. The molecule has 0 saturated heterocycles. The van der Waals surface area contributed by atoms with Crippen molar-refractivity contribution in [1.29, 1.82) is 0 Å². The summed E-state index contributed by atoms with van der Waals surface area (Å²) in [6.45, 7) is 8.32. The first-order valence-corrected chi connectivity index (χ1v) is 8.04. The number of hydrogen-bond acceptors (Lipinski definition) is 3. The quantitative estimate of drug-likeness (QED) is 0.849. The zero-order valence-corrected chi connectivity index (χ0v) is 12.9. The Morgan fingerprint density at radius 3 is 2.00 bits per heavy atom. The van der Waals surface area contributed by atoms with Crippen LogP contribution >= 0.6 is 21.6 Å². The highest BCUT2D eigenvalue weighted by Gasteiger charge is 2.19. The molecule has 1 aromatic carbocycles. The fraction of sp³-hybridized carbons (Fsp3) is 0.462. The van der Waals surface area contributed by atoms with Crippen molar-refractivity contribution in [3.05, 3.63) is 27.8 Å². The summed E-state index contributed by atoms with van der Waals surface area (Å²) in [5.41, 5.74) is 5.63. The second-order valence-electron chi connectivity index (χ2n) is 4.03. The molecule has 0 spiro atoms. The van der Waals surface area contributed by atoms with Gasteiger partial charge in [-0.25, -0.2) is 0 Å². The van der Waals surface area contributed by atoms with Gasteiger partial charge in [-0.15, -0.1) is 0 Å². The van der Waals surface area contributed by atoms with Crippen LogP contribution in [0.3, 0.4) is 0 Å². The molecule has 0 aliphatic carbocycles. The normalized spacial score (nSPS) is 10.5. The lowest BCUT2D eigenvalue weighted by Gasteiger charge is -2.18. The minimum atomic E-state index is 0.00486. The minimum Gasteiger partial charge on any atom is -0.355 e. The molecular weight excluding hydrogens is 250 g/mol. The highest BCUT2D eigenvalue weighted by molar-refractivity contribution is 8.76. The first-order valence-electron chi connectivity index (χ1n) is 5.48. The molecular formula is C13H19NOS2. The van der Waals surface area contributed by atoms with Gasteiger partial charge < -0.3 is 5.32 Å². The summed E-state index contributed by atoms with van der Waals surface area (Å²) in [6, 6.07) is 0. The molecule has 1 rings (SSSR count). The second-order valence-corrected chi connectivity index (χ2v) is 6.44. The van der Waals surface area contributed by atoms with E-state index in [1.54, 1.807) is 28.6 Å². The SMILES string of the molecule is CNC(=O)c1c(C)c(C)c(C)c(C)c1SSC. The molecule has 0 saturated carbocycles. The van der Waals surface area contributed by atoms with Crippen LogP contribution in [0.4, 0.5) is 0 Å². The van der Waals surface area contributed by atoms with Gasteiger partial charge in [0.2, 0.25) is 0 Å². The fourth-order valence-electron chi connectivity index (χ4n) is 1.86. The van der Waals surface area contributed by atoms with Gasteiger partial charge in [-0.2, -0.15) is 0 Å². The maximum absolute atomic E-state index is 12.0. The van der Waals surface area contributed by atoms with E-state index in [2.05, 4.69) is 26.1 Å². The smallest absolute Gasteiger partial charge is 0.252 e. The lowest BCUT2D eigenvalue weighted by atomic mass is 9.94. The molecule has 0 aromatic heterocycles. The Labute approximate surface area is 111 Å². The summed E-state index contributed by atoms with van der Waals surface area (Å²) in [7, 11) is 5.02. The van der Waals surface area contributed by atoms with Crippen LogP contribution in [0.1, 0.15) is 32.6 Å². The van der Waals surface area contributed by atoms with Gasteiger partial charge >= 0.3 is 0 Å². The van der Waals surface area contributed by atoms with E-state index in [0.29, 0.717) is 0 Å². The summed E-state index contributed by atoms with van der Waals surface area (Å²) in [4.78, 5) is 13.1. The predicted molar refractivity (Wildman–Crippen MR) is 78.2 cm³/mol. The lowest BCUT2D eigenvalue weighted by molar-refractivity contribution is 0.0959.